The van der Waals surface area contributed by atoms with E-state index in [0.29, 0.717) is 5.41 Å². The lowest BCUT2D eigenvalue weighted by Crippen LogP contribution is -2.61. The molecule has 2 atom stereocenters. The number of rotatable bonds is 1. The van der Waals surface area contributed by atoms with E-state index < -0.39 is 0 Å². The maximum absolute atomic E-state index is 3.67. The predicted molar refractivity (Wildman–Crippen MR) is 78.3 cm³/mol. The van der Waals surface area contributed by atoms with Crippen LogP contribution in [-0.2, 0) is 0 Å². The fraction of sp³-hybridized carbons (Fsp3) is 1.00. The first-order chi connectivity index (χ1) is 9.35. The van der Waals surface area contributed by atoms with Crippen molar-refractivity contribution < 1.29 is 0 Å². The van der Waals surface area contributed by atoms with Crippen LogP contribution in [0.15, 0.2) is 0 Å². The van der Waals surface area contributed by atoms with Crippen LogP contribution in [0.1, 0.15) is 38.5 Å². The summed E-state index contributed by atoms with van der Waals surface area (Å²) >= 11 is 0. The molecule has 5 fully saturated rings. The molecule has 0 aromatic carbocycles. The average Bonchev–Trinajstić information content (AvgIpc) is 2.49. The molecule has 2 unspecified atom stereocenters. The van der Waals surface area contributed by atoms with Crippen LogP contribution in [-0.4, -0.2) is 61.7 Å². The topological polar surface area (TPSA) is 18.5 Å². The Morgan fingerprint density at radius 3 is 2.53 bits per heavy atom. The van der Waals surface area contributed by atoms with E-state index >= 15 is 0 Å². The molecule has 0 saturated carbocycles. The molecule has 3 heteroatoms. The first-order valence-electron chi connectivity index (χ1n) is 8.52. The molecule has 0 aliphatic carbocycles. The Kier molecular flexibility index (Phi) is 3.33. The van der Waals surface area contributed by atoms with Gasteiger partial charge >= 0.3 is 0 Å². The average molecular weight is 263 g/mol. The maximum Gasteiger partial charge on any atom is 0.0252 e. The minimum absolute atomic E-state index is 0.628. The summed E-state index contributed by atoms with van der Waals surface area (Å²) < 4.78 is 0. The molecule has 1 N–H and O–H groups in total. The first-order valence-corrected chi connectivity index (χ1v) is 8.52. The summed E-state index contributed by atoms with van der Waals surface area (Å²) in [6.45, 7) is 9.41. The van der Waals surface area contributed by atoms with E-state index in [1.807, 2.05) is 0 Å². The van der Waals surface area contributed by atoms with Crippen molar-refractivity contribution in [2.24, 2.45) is 11.3 Å². The maximum atomic E-state index is 3.67. The van der Waals surface area contributed by atoms with Gasteiger partial charge < -0.3 is 10.2 Å². The smallest absolute Gasteiger partial charge is 0.0252 e. The summed E-state index contributed by atoms with van der Waals surface area (Å²) in [5, 5.41) is 3.67. The quantitative estimate of drug-likeness (QED) is 0.774. The number of nitrogens with zero attached hydrogens (tertiary/aromatic N) is 2. The van der Waals surface area contributed by atoms with Gasteiger partial charge in [0.15, 0.2) is 0 Å². The van der Waals surface area contributed by atoms with Crippen molar-refractivity contribution >= 4 is 0 Å². The molecule has 2 bridgehead atoms. The largest absolute Gasteiger partial charge is 0.316 e. The van der Waals surface area contributed by atoms with Gasteiger partial charge in [-0.05, 0) is 76.0 Å². The summed E-state index contributed by atoms with van der Waals surface area (Å²) in [4.78, 5) is 5.61. The Bertz CT molecular complexity index is 310. The molecule has 5 aliphatic rings. The van der Waals surface area contributed by atoms with E-state index in [0.717, 1.165) is 12.0 Å². The van der Waals surface area contributed by atoms with Gasteiger partial charge in [-0.3, -0.25) is 4.90 Å². The molecule has 5 aliphatic heterocycles. The van der Waals surface area contributed by atoms with Crippen molar-refractivity contribution in [1.29, 1.82) is 0 Å². The second-order valence-corrected chi connectivity index (χ2v) is 7.56. The van der Waals surface area contributed by atoms with Gasteiger partial charge in [0.25, 0.3) is 0 Å². The van der Waals surface area contributed by atoms with E-state index in [1.165, 1.54) is 84.3 Å². The summed E-state index contributed by atoms with van der Waals surface area (Å²) in [5.41, 5.74) is 0.628. The summed E-state index contributed by atoms with van der Waals surface area (Å²) in [6, 6.07) is 0.890. The van der Waals surface area contributed by atoms with Gasteiger partial charge in [-0.2, -0.15) is 0 Å². The number of hydrogen-bond donors (Lipinski definition) is 1. The van der Waals surface area contributed by atoms with Gasteiger partial charge in [-0.15, -0.1) is 0 Å². The van der Waals surface area contributed by atoms with E-state index in [1.54, 1.807) is 0 Å². The van der Waals surface area contributed by atoms with Gasteiger partial charge in [-0.1, -0.05) is 0 Å². The van der Waals surface area contributed by atoms with E-state index in [-0.39, 0.29) is 0 Å². The van der Waals surface area contributed by atoms with Crippen LogP contribution in [0.25, 0.3) is 0 Å². The number of piperidine rings is 5. The van der Waals surface area contributed by atoms with Gasteiger partial charge in [0.2, 0.25) is 0 Å². The molecule has 108 valence electrons. The predicted octanol–water partition coefficient (Wildman–Crippen LogP) is 1.55. The Morgan fingerprint density at radius 2 is 1.84 bits per heavy atom. The highest BCUT2D eigenvalue weighted by molar-refractivity contribution is 4.98. The molecule has 0 amide bonds. The third kappa shape index (κ3) is 2.34. The summed E-state index contributed by atoms with van der Waals surface area (Å²) in [7, 11) is 0. The van der Waals surface area contributed by atoms with Crippen LogP contribution in [0.2, 0.25) is 0 Å². The summed E-state index contributed by atoms with van der Waals surface area (Å²) in [6.07, 6.45) is 8.70. The second kappa shape index (κ2) is 5.01. The monoisotopic (exact) mass is 263 g/mol. The first kappa shape index (κ1) is 12.6. The van der Waals surface area contributed by atoms with Crippen molar-refractivity contribution in [3.05, 3.63) is 0 Å². The molecule has 1 spiro atoms. The molecule has 0 radical (unpaired) electrons. The number of nitrogens with one attached hydrogen (secondary N) is 1. The van der Waals surface area contributed by atoms with Crippen LogP contribution in [0.3, 0.4) is 0 Å². The number of fused-ring (bicyclic) bond motifs is 3. The van der Waals surface area contributed by atoms with Crippen LogP contribution in [0.5, 0.6) is 0 Å². The van der Waals surface area contributed by atoms with E-state index in [9.17, 15) is 0 Å². The van der Waals surface area contributed by atoms with E-state index in [2.05, 4.69) is 15.1 Å². The van der Waals surface area contributed by atoms with Gasteiger partial charge in [0.1, 0.15) is 0 Å². The lowest BCUT2D eigenvalue weighted by molar-refractivity contribution is -0.0379. The zero-order chi connectivity index (χ0) is 12.7. The highest BCUT2D eigenvalue weighted by Gasteiger charge is 2.43. The van der Waals surface area contributed by atoms with Crippen molar-refractivity contribution in [2.45, 2.75) is 44.6 Å². The lowest BCUT2D eigenvalue weighted by Gasteiger charge is -2.54. The third-order valence-corrected chi connectivity index (χ3v) is 6.34. The van der Waals surface area contributed by atoms with Crippen LogP contribution < -0.4 is 5.32 Å². The van der Waals surface area contributed by atoms with Gasteiger partial charge in [0.05, 0.1) is 0 Å². The Hall–Kier alpha value is -0.120. The molecular weight excluding hydrogens is 234 g/mol. The van der Waals surface area contributed by atoms with Crippen molar-refractivity contribution in [3.63, 3.8) is 0 Å². The number of likely N-dealkylation sites (tertiary alicyclic amines) is 1. The molecule has 5 saturated heterocycles. The molecule has 19 heavy (non-hydrogen) atoms. The third-order valence-electron chi connectivity index (χ3n) is 6.34. The number of hydrogen-bond acceptors (Lipinski definition) is 3. The highest BCUT2D eigenvalue weighted by atomic mass is 15.3. The molecular formula is C16H29N3. The Labute approximate surface area is 117 Å². The fourth-order valence-corrected chi connectivity index (χ4v) is 5.26. The standard InChI is InChI=1S/C16H29N3/c1-5-16(12-17-7-1)6-2-8-19(13-16)15-11-18-9-3-14(15)4-10-18/h14-15,17H,1-13H2. The Balaban J connectivity index is 1.46. The fourth-order valence-electron chi connectivity index (χ4n) is 5.26. The highest BCUT2D eigenvalue weighted by Crippen LogP contribution is 2.39. The summed E-state index contributed by atoms with van der Waals surface area (Å²) in [5.74, 6) is 1.01. The van der Waals surface area contributed by atoms with Crippen molar-refractivity contribution in [1.82, 2.24) is 15.1 Å². The van der Waals surface area contributed by atoms with Crippen molar-refractivity contribution in [2.75, 3.05) is 45.8 Å². The van der Waals surface area contributed by atoms with Gasteiger partial charge in [0, 0.05) is 25.7 Å². The van der Waals surface area contributed by atoms with Crippen LogP contribution in [0, 0.1) is 11.3 Å². The minimum Gasteiger partial charge on any atom is -0.316 e. The van der Waals surface area contributed by atoms with Crippen LogP contribution >= 0.6 is 0 Å². The van der Waals surface area contributed by atoms with E-state index in [4.69, 9.17) is 0 Å². The van der Waals surface area contributed by atoms with Crippen molar-refractivity contribution in [3.8, 4) is 0 Å². The SMILES string of the molecule is C1CNCC2(C1)CCCN(C1CN3CCC1CC3)C2. The molecule has 3 nitrogen and oxygen atoms in total. The zero-order valence-corrected chi connectivity index (χ0v) is 12.2. The van der Waals surface area contributed by atoms with Gasteiger partial charge in [-0.25, -0.2) is 0 Å². The normalized spacial score (nSPS) is 47.7. The molecule has 0 aromatic rings. The molecule has 0 aromatic heterocycles. The second-order valence-electron chi connectivity index (χ2n) is 7.56. The molecule has 5 rings (SSSR count). The minimum atomic E-state index is 0.628. The lowest BCUT2D eigenvalue weighted by atomic mass is 9.73. The Morgan fingerprint density at radius 1 is 1.00 bits per heavy atom. The molecule has 5 heterocycles. The zero-order valence-electron chi connectivity index (χ0n) is 12.2. The van der Waals surface area contributed by atoms with Crippen LogP contribution in [0.4, 0.5) is 0 Å².